The van der Waals surface area contributed by atoms with Gasteiger partial charge in [0.25, 0.3) is 5.91 Å². The lowest BCUT2D eigenvalue weighted by molar-refractivity contribution is -0.153. The highest BCUT2D eigenvalue weighted by Gasteiger charge is 2.40. The number of benzene rings is 2. The number of likely N-dealkylation sites (tertiary alicyclic amines) is 1. The van der Waals surface area contributed by atoms with E-state index < -0.39 is 151 Å². The Hall–Kier alpha value is -10.1. The molecule has 1 saturated heterocycles. The summed E-state index contributed by atoms with van der Waals surface area (Å²) in [5.41, 5.74) is 6.32. The number of urea groups is 2. The van der Waals surface area contributed by atoms with Crippen LogP contribution in [0.2, 0.25) is 0 Å². The standard InChI is InChI=1S/C80H122N14O23S3/c1-11-13-14-19-34-115-46-94(76(109)69(48(5)12-2)90-74(108)62-21-16-18-33-93(62)10)63(47(3)4)42-64(117-52(9)95)75-88-61(45-118-75)73(107)85-56(38-53-26-28-57(96)29-27-53)37-49(6)70(104)91-92-80(114)116-35-36-119-120-44-51(8)83-71(105)60(41-68(102)103)87-72(106)59(40-67(100)101)86-65(97)39-54-22-24-55(25-23-54)43-82-78(112)81-32-17-15-20-50(7)84-79(113)89-58(77(110)111)30-31-66(98)99/h22-29,45,47-51,56,58-60,62-64,69,96H,11-21,30-44,46H2,1-10H3,(H,83,105)(H,85,107)(H,86,97)(H,87,106)(H,90,108)(H,91,104)(H,92,114)(H,98,99)(H,100,101)(H,102,103)(H,110,111)(H2,81,82,112)(H2,84,89,113)/t48?,49?,50-,51-,56-,58+,59?,60+,62?,63-,64-,69?/m1/s1. The smallest absolute Gasteiger partial charge is 0.426 e. The molecule has 5 unspecified atom stereocenters. The Balaban J connectivity index is 1.26. The Morgan fingerprint density at radius 2 is 1.32 bits per heavy atom. The van der Waals surface area contributed by atoms with Crippen molar-refractivity contribution in [1.82, 2.24) is 73.5 Å². The molecule has 12 amide bonds. The minimum absolute atomic E-state index is 0.00649. The number of phenols is 1. The van der Waals surface area contributed by atoms with E-state index in [9.17, 15) is 87.5 Å². The van der Waals surface area contributed by atoms with Crippen LogP contribution in [0.5, 0.6) is 5.75 Å². The van der Waals surface area contributed by atoms with Gasteiger partial charge in [0, 0.05) is 86.4 Å². The Bertz CT molecular complexity index is 3830. The summed E-state index contributed by atoms with van der Waals surface area (Å²) >= 11 is 1.08. The van der Waals surface area contributed by atoms with Gasteiger partial charge < -0.3 is 92.5 Å². The number of hydrazine groups is 1. The molecule has 40 heteroatoms. The maximum Gasteiger partial charge on any atom is 0.426 e. The van der Waals surface area contributed by atoms with Crippen molar-refractivity contribution in [2.24, 2.45) is 17.8 Å². The fraction of sp³-hybridized carbons (Fsp3) is 0.625. The highest BCUT2D eigenvalue weighted by atomic mass is 33.1. The van der Waals surface area contributed by atoms with Gasteiger partial charge in [-0.3, -0.25) is 63.1 Å². The number of rotatable bonds is 55. The predicted molar refractivity (Wildman–Crippen MR) is 447 cm³/mol. The minimum Gasteiger partial charge on any atom is -0.508 e. The second-order valence-electron chi connectivity index (χ2n) is 30.2. The van der Waals surface area contributed by atoms with Gasteiger partial charge >= 0.3 is 48.0 Å². The Morgan fingerprint density at radius 1 is 0.658 bits per heavy atom. The summed E-state index contributed by atoms with van der Waals surface area (Å²) in [5, 5.41) is 72.8. The number of unbranched alkanes of at least 4 members (excludes halogenated alkanes) is 4. The van der Waals surface area contributed by atoms with Crippen LogP contribution < -0.4 is 58.7 Å². The van der Waals surface area contributed by atoms with Gasteiger partial charge in [-0.05, 0) is 126 Å². The maximum atomic E-state index is 15.1. The zero-order valence-corrected chi connectivity index (χ0v) is 72.4. The second kappa shape index (κ2) is 55.0. The molecule has 3 aromatic rings. The zero-order chi connectivity index (χ0) is 89.0. The SMILES string of the molecule is CCCCCCOCN(C(=O)C(NC(=O)C1CCCCN1C)C(C)CC)[C@H](C[C@@H](OC(C)=O)c1nc(C(=O)N[C@@H](Cc2ccc(O)cc2)CC(C)C(=O)NNC(=O)OCCSSC[C@@H](C)NC(=O)[C@H](CC(=O)O)NC(=O)C(CC(=O)O)NC(=O)Cc2ccc(CNC(=O)NCCCC[C@@H](C)NC(=O)N[C@@H](CCC(=O)O)C(=O)O)cc2)cs1)C(C)C. The third kappa shape index (κ3) is 39.9. The van der Waals surface area contributed by atoms with E-state index in [1.54, 1.807) is 62.1 Å². The Morgan fingerprint density at radius 3 is 1.96 bits per heavy atom. The van der Waals surface area contributed by atoms with E-state index in [0.717, 1.165) is 56.4 Å². The topological polar surface area (TPSA) is 537 Å². The first-order valence-corrected chi connectivity index (χ1v) is 43.9. The molecule has 0 aliphatic carbocycles. The summed E-state index contributed by atoms with van der Waals surface area (Å²) in [6.45, 7) is 17.3. The van der Waals surface area contributed by atoms with Crippen LogP contribution in [0, 0.1) is 17.8 Å². The average molecular weight is 1740 g/mol. The number of carboxylic acids is 4. The number of nitrogens with zero attached hydrogens (tertiary/aromatic N) is 3. The van der Waals surface area contributed by atoms with E-state index in [4.69, 9.17) is 24.3 Å². The van der Waals surface area contributed by atoms with Crippen molar-refractivity contribution in [3.8, 4) is 5.75 Å². The van der Waals surface area contributed by atoms with Crippen molar-refractivity contribution < 1.29 is 112 Å². The summed E-state index contributed by atoms with van der Waals surface area (Å²) < 4.78 is 17.5. The summed E-state index contributed by atoms with van der Waals surface area (Å²) in [5.74, 6) is -11.7. The van der Waals surface area contributed by atoms with Crippen LogP contribution in [0.1, 0.15) is 210 Å². The summed E-state index contributed by atoms with van der Waals surface area (Å²) in [6, 6.07) is 3.02. The van der Waals surface area contributed by atoms with Crippen LogP contribution in [-0.2, 0) is 86.3 Å². The molecule has 16 N–H and O–H groups in total. The van der Waals surface area contributed by atoms with Gasteiger partial charge in [-0.2, -0.15) is 0 Å². The van der Waals surface area contributed by atoms with Crippen LogP contribution in [-0.4, -0.2) is 236 Å². The number of carboxylic acid groups (broad SMARTS) is 4. The van der Waals surface area contributed by atoms with Crippen LogP contribution in [0.3, 0.4) is 0 Å². The number of hydrogen-bond donors (Lipinski definition) is 16. The molecule has 0 saturated carbocycles. The first kappa shape index (κ1) is 102. The summed E-state index contributed by atoms with van der Waals surface area (Å²) in [4.78, 5) is 202. The fourth-order valence-electron chi connectivity index (χ4n) is 12.8. The van der Waals surface area contributed by atoms with E-state index in [1.807, 2.05) is 39.6 Å². The maximum absolute atomic E-state index is 15.1. The molecule has 2 heterocycles. The number of esters is 1. The van der Waals surface area contributed by atoms with Gasteiger partial charge in [-0.15, -0.1) is 11.3 Å². The molecule has 668 valence electrons. The normalized spacial score (nSPS) is 15.4. The molecule has 12 atom stereocenters. The van der Waals surface area contributed by atoms with Crippen molar-refractivity contribution in [2.75, 3.05) is 51.6 Å². The van der Waals surface area contributed by atoms with Crippen LogP contribution in [0.25, 0.3) is 0 Å². The molecule has 0 bridgehead atoms. The molecule has 1 aliphatic heterocycles. The molecule has 4 rings (SSSR count). The van der Waals surface area contributed by atoms with E-state index in [2.05, 4.69) is 65.6 Å². The number of likely N-dealkylation sites (N-methyl/N-ethyl adjacent to an activating group) is 1. The number of piperidine rings is 1. The number of hydrogen-bond acceptors (Lipinski definition) is 24. The van der Waals surface area contributed by atoms with Crippen LogP contribution in [0.4, 0.5) is 14.4 Å². The number of carbonyl (C=O) groups excluding carboxylic acids is 11. The zero-order valence-electron chi connectivity index (χ0n) is 69.9. The number of aliphatic carboxylic acids is 4. The molecule has 2 aromatic carbocycles. The lowest BCUT2D eigenvalue weighted by Gasteiger charge is -2.40. The molecular weight excluding hydrogens is 1620 g/mol. The van der Waals surface area contributed by atoms with Crippen LogP contribution in [0.15, 0.2) is 53.9 Å². The van der Waals surface area contributed by atoms with Crippen molar-refractivity contribution in [3.05, 3.63) is 81.3 Å². The Kier molecular flexibility index (Phi) is 46.9. The van der Waals surface area contributed by atoms with E-state index >= 15 is 4.79 Å². The predicted octanol–water partition coefficient (Wildman–Crippen LogP) is 6.41. The first-order valence-electron chi connectivity index (χ1n) is 40.5. The molecule has 0 spiro atoms. The van der Waals surface area contributed by atoms with E-state index in [0.29, 0.717) is 55.4 Å². The quantitative estimate of drug-likeness (QED) is 0.00953. The van der Waals surface area contributed by atoms with Gasteiger partial charge in [0.05, 0.1) is 25.3 Å². The molecule has 1 aliphatic rings. The Labute approximate surface area is 711 Å². The van der Waals surface area contributed by atoms with Gasteiger partial charge in [0.2, 0.25) is 35.4 Å². The van der Waals surface area contributed by atoms with Gasteiger partial charge in [0.15, 0.2) is 6.10 Å². The van der Waals surface area contributed by atoms with Gasteiger partial charge in [-0.25, -0.2) is 29.6 Å². The first-order chi connectivity index (χ1) is 57.0. The highest BCUT2D eigenvalue weighted by Crippen LogP contribution is 2.33. The molecule has 0 radical (unpaired) electrons. The molecule has 1 aromatic heterocycles. The lowest BCUT2D eigenvalue weighted by Crippen LogP contribution is -2.59. The number of ether oxygens (including phenoxy) is 3. The molecule has 37 nitrogen and oxygen atoms in total. The van der Waals surface area contributed by atoms with Crippen molar-refractivity contribution in [3.63, 3.8) is 0 Å². The molecular formula is C80H122N14O23S3. The molecule has 120 heavy (non-hydrogen) atoms. The lowest BCUT2D eigenvalue weighted by atomic mass is 9.92. The molecule has 1 fully saturated rings. The van der Waals surface area contributed by atoms with E-state index in [-0.39, 0.29) is 122 Å². The number of amides is 12. The fourth-order valence-corrected chi connectivity index (χ4v) is 15.7. The number of carbonyl (C=O) groups is 15. The van der Waals surface area contributed by atoms with Crippen LogP contribution >= 0.6 is 32.9 Å². The summed E-state index contributed by atoms with van der Waals surface area (Å²) in [6.07, 6.45) is 3.89. The van der Waals surface area contributed by atoms with Gasteiger partial charge in [-0.1, -0.05) is 132 Å². The number of nitrogens with one attached hydrogen (secondary N) is 11. The number of thiazole rings is 1. The second-order valence-corrected chi connectivity index (χ2v) is 33.8. The van der Waals surface area contributed by atoms with Crippen molar-refractivity contribution >= 4 is 122 Å². The van der Waals surface area contributed by atoms with Crippen molar-refractivity contribution in [2.45, 2.75) is 251 Å². The van der Waals surface area contributed by atoms with E-state index in [1.165, 1.54) is 46.0 Å². The number of phenolic OH excluding ortho intramolecular Hbond substituents is 1. The summed E-state index contributed by atoms with van der Waals surface area (Å²) in [7, 11) is 4.39. The third-order valence-electron chi connectivity index (χ3n) is 19.6. The van der Waals surface area contributed by atoms with Crippen molar-refractivity contribution in [1.29, 1.82) is 0 Å². The van der Waals surface area contributed by atoms with Gasteiger partial charge in [0.1, 0.15) is 54.0 Å². The highest BCUT2D eigenvalue weighted by molar-refractivity contribution is 8.76. The monoisotopic (exact) mass is 1740 g/mol. The third-order valence-corrected chi connectivity index (χ3v) is 23.1. The largest absolute Gasteiger partial charge is 0.508 e. The number of aromatic hydroxyl groups is 1. The average Bonchev–Trinajstić information content (AvgIpc) is 1.26. The minimum atomic E-state index is -1.73. The number of aromatic nitrogens is 1.